The van der Waals surface area contributed by atoms with Crippen molar-refractivity contribution >= 4 is 11.7 Å². The molecule has 126 valence electrons. The Labute approximate surface area is 136 Å². The summed E-state index contributed by atoms with van der Waals surface area (Å²) in [6.45, 7) is 5.07. The highest BCUT2D eigenvalue weighted by Gasteiger charge is 2.28. The number of hydrogen-bond acceptors (Lipinski definition) is 4. The first-order valence-corrected chi connectivity index (χ1v) is 8.55. The molecule has 2 fully saturated rings. The molecular formula is C17H25FN4O. The van der Waals surface area contributed by atoms with Crippen LogP contribution in [0.5, 0.6) is 0 Å². The van der Waals surface area contributed by atoms with Crippen LogP contribution in [0, 0.1) is 5.95 Å². The number of anilines is 1. The summed E-state index contributed by atoms with van der Waals surface area (Å²) in [4.78, 5) is 20.6. The van der Waals surface area contributed by atoms with Gasteiger partial charge in [0.15, 0.2) is 0 Å². The fourth-order valence-electron chi connectivity index (χ4n) is 3.47. The number of piperazine rings is 1. The Morgan fingerprint density at radius 3 is 2.61 bits per heavy atom. The smallest absolute Gasteiger partial charge is 0.237 e. The molecule has 1 aromatic rings. The number of halogens is 1. The molecule has 6 heteroatoms. The van der Waals surface area contributed by atoms with Gasteiger partial charge < -0.3 is 10.2 Å². The SMILES string of the molecule is C[C@@H](C(=O)NC1CCCC1)N1CCN(c2cccc(F)n2)CC1. The highest BCUT2D eigenvalue weighted by atomic mass is 19.1. The molecule has 1 atom stereocenters. The second kappa shape index (κ2) is 7.25. The third-order valence-electron chi connectivity index (χ3n) is 4.97. The molecule has 0 bridgehead atoms. The molecule has 0 spiro atoms. The van der Waals surface area contributed by atoms with Gasteiger partial charge in [-0.3, -0.25) is 9.69 Å². The van der Waals surface area contributed by atoms with E-state index in [1.807, 2.05) is 13.0 Å². The fourth-order valence-corrected chi connectivity index (χ4v) is 3.47. The Balaban J connectivity index is 1.50. The minimum absolute atomic E-state index is 0.113. The van der Waals surface area contributed by atoms with Crippen LogP contribution >= 0.6 is 0 Å². The van der Waals surface area contributed by atoms with E-state index in [4.69, 9.17) is 0 Å². The molecule has 0 aromatic carbocycles. The first kappa shape index (κ1) is 16.2. The third kappa shape index (κ3) is 3.99. The molecule has 1 N–H and O–H groups in total. The van der Waals surface area contributed by atoms with Crippen molar-refractivity contribution in [1.29, 1.82) is 0 Å². The van der Waals surface area contributed by atoms with Crippen LogP contribution in [0.2, 0.25) is 0 Å². The molecule has 5 nitrogen and oxygen atoms in total. The van der Waals surface area contributed by atoms with Crippen LogP contribution in [0.1, 0.15) is 32.6 Å². The summed E-state index contributed by atoms with van der Waals surface area (Å²) < 4.78 is 13.2. The van der Waals surface area contributed by atoms with Gasteiger partial charge in [-0.15, -0.1) is 0 Å². The summed E-state index contributed by atoms with van der Waals surface area (Å²) >= 11 is 0. The number of nitrogens with zero attached hydrogens (tertiary/aromatic N) is 3. The van der Waals surface area contributed by atoms with E-state index in [1.165, 1.54) is 18.9 Å². The minimum Gasteiger partial charge on any atom is -0.354 e. The normalized spacial score (nSPS) is 21.4. The Morgan fingerprint density at radius 1 is 1.26 bits per heavy atom. The van der Waals surface area contributed by atoms with Crippen molar-refractivity contribution in [1.82, 2.24) is 15.2 Å². The number of rotatable bonds is 4. The number of aromatic nitrogens is 1. The lowest BCUT2D eigenvalue weighted by molar-refractivity contribution is -0.126. The van der Waals surface area contributed by atoms with Gasteiger partial charge in [-0.1, -0.05) is 18.9 Å². The maximum atomic E-state index is 13.2. The minimum atomic E-state index is -0.450. The van der Waals surface area contributed by atoms with Gasteiger partial charge in [0.05, 0.1) is 6.04 Å². The molecule has 2 heterocycles. The number of amides is 1. The van der Waals surface area contributed by atoms with Crippen LogP contribution < -0.4 is 10.2 Å². The average molecular weight is 320 g/mol. The largest absolute Gasteiger partial charge is 0.354 e. The van der Waals surface area contributed by atoms with E-state index in [9.17, 15) is 9.18 Å². The van der Waals surface area contributed by atoms with Gasteiger partial charge in [0.1, 0.15) is 5.82 Å². The van der Waals surface area contributed by atoms with Crippen LogP contribution in [-0.2, 0) is 4.79 Å². The van der Waals surface area contributed by atoms with Gasteiger partial charge in [-0.25, -0.2) is 4.98 Å². The van der Waals surface area contributed by atoms with Crippen molar-refractivity contribution in [3.05, 3.63) is 24.1 Å². The fraction of sp³-hybridized carbons (Fsp3) is 0.647. The Morgan fingerprint density at radius 2 is 1.96 bits per heavy atom. The molecular weight excluding hydrogens is 295 g/mol. The van der Waals surface area contributed by atoms with Crippen molar-refractivity contribution in [3.63, 3.8) is 0 Å². The van der Waals surface area contributed by atoms with Gasteiger partial charge in [0.2, 0.25) is 11.9 Å². The topological polar surface area (TPSA) is 48.5 Å². The molecule has 1 saturated carbocycles. The summed E-state index contributed by atoms with van der Waals surface area (Å²) in [7, 11) is 0. The van der Waals surface area contributed by atoms with E-state index >= 15 is 0 Å². The number of pyridine rings is 1. The highest BCUT2D eigenvalue weighted by molar-refractivity contribution is 5.81. The molecule has 2 aliphatic rings. The molecule has 1 aliphatic carbocycles. The predicted molar refractivity (Wildman–Crippen MR) is 87.8 cm³/mol. The predicted octanol–water partition coefficient (Wildman–Crippen LogP) is 1.79. The van der Waals surface area contributed by atoms with Gasteiger partial charge in [0.25, 0.3) is 0 Å². The number of carbonyl (C=O) groups is 1. The summed E-state index contributed by atoms with van der Waals surface area (Å²) in [6.07, 6.45) is 4.66. The first-order valence-electron chi connectivity index (χ1n) is 8.55. The second-order valence-corrected chi connectivity index (χ2v) is 6.51. The van der Waals surface area contributed by atoms with Crippen molar-refractivity contribution in [3.8, 4) is 0 Å². The van der Waals surface area contributed by atoms with Crippen molar-refractivity contribution in [2.75, 3.05) is 31.1 Å². The van der Waals surface area contributed by atoms with Gasteiger partial charge in [-0.2, -0.15) is 4.39 Å². The van der Waals surface area contributed by atoms with Crippen LogP contribution in [0.3, 0.4) is 0 Å². The summed E-state index contributed by atoms with van der Waals surface area (Å²) in [5, 5.41) is 3.17. The lowest BCUT2D eigenvalue weighted by Crippen LogP contribution is -2.55. The Bertz CT molecular complexity index is 539. The van der Waals surface area contributed by atoms with Gasteiger partial charge in [0, 0.05) is 32.2 Å². The lowest BCUT2D eigenvalue weighted by atomic mass is 10.2. The van der Waals surface area contributed by atoms with E-state index in [0.29, 0.717) is 11.9 Å². The van der Waals surface area contributed by atoms with E-state index < -0.39 is 5.95 Å². The Kier molecular flexibility index (Phi) is 5.10. The second-order valence-electron chi connectivity index (χ2n) is 6.51. The molecule has 1 aromatic heterocycles. The lowest BCUT2D eigenvalue weighted by Gasteiger charge is -2.38. The van der Waals surface area contributed by atoms with E-state index in [2.05, 4.69) is 20.1 Å². The quantitative estimate of drug-likeness (QED) is 0.859. The van der Waals surface area contributed by atoms with Crippen molar-refractivity contribution in [2.45, 2.75) is 44.7 Å². The monoisotopic (exact) mass is 320 g/mol. The number of carbonyl (C=O) groups excluding carboxylic acids is 1. The zero-order chi connectivity index (χ0) is 16.2. The van der Waals surface area contributed by atoms with Crippen LogP contribution in [0.15, 0.2) is 18.2 Å². The van der Waals surface area contributed by atoms with E-state index in [0.717, 1.165) is 39.0 Å². The Hall–Kier alpha value is -1.69. The molecule has 1 amide bonds. The van der Waals surface area contributed by atoms with E-state index in [1.54, 1.807) is 6.07 Å². The molecule has 0 radical (unpaired) electrons. The first-order chi connectivity index (χ1) is 11.1. The average Bonchev–Trinajstić information content (AvgIpc) is 3.07. The van der Waals surface area contributed by atoms with Crippen LogP contribution in [0.25, 0.3) is 0 Å². The zero-order valence-electron chi connectivity index (χ0n) is 13.7. The van der Waals surface area contributed by atoms with Crippen molar-refractivity contribution < 1.29 is 9.18 Å². The summed E-state index contributed by atoms with van der Waals surface area (Å²) in [5.74, 6) is 0.358. The molecule has 3 rings (SSSR count). The van der Waals surface area contributed by atoms with Gasteiger partial charge in [-0.05, 0) is 31.9 Å². The number of hydrogen-bond donors (Lipinski definition) is 1. The molecule has 0 unspecified atom stereocenters. The maximum Gasteiger partial charge on any atom is 0.237 e. The summed E-state index contributed by atoms with van der Waals surface area (Å²) in [6, 6.07) is 5.12. The van der Waals surface area contributed by atoms with E-state index in [-0.39, 0.29) is 11.9 Å². The van der Waals surface area contributed by atoms with Crippen LogP contribution in [0.4, 0.5) is 10.2 Å². The third-order valence-corrected chi connectivity index (χ3v) is 4.97. The molecule has 1 saturated heterocycles. The van der Waals surface area contributed by atoms with Gasteiger partial charge >= 0.3 is 0 Å². The standard InChI is InChI=1S/C17H25FN4O/c1-13(17(23)19-14-5-2-3-6-14)21-9-11-22(12-10-21)16-8-4-7-15(18)20-16/h4,7-8,13-14H,2-3,5-6,9-12H2,1H3,(H,19,23)/t13-/m0/s1. The van der Waals surface area contributed by atoms with Crippen molar-refractivity contribution in [2.24, 2.45) is 0 Å². The maximum absolute atomic E-state index is 13.2. The number of nitrogens with one attached hydrogen (secondary N) is 1. The zero-order valence-corrected chi connectivity index (χ0v) is 13.7. The summed E-state index contributed by atoms with van der Waals surface area (Å²) in [5.41, 5.74) is 0. The molecule has 23 heavy (non-hydrogen) atoms. The molecule has 1 aliphatic heterocycles. The van der Waals surface area contributed by atoms with Crippen LogP contribution in [-0.4, -0.2) is 54.1 Å². The highest BCUT2D eigenvalue weighted by Crippen LogP contribution is 2.19.